The van der Waals surface area contributed by atoms with E-state index < -0.39 is 6.04 Å². The largest absolute Gasteiger partial charge is 0.481 e. The van der Waals surface area contributed by atoms with Crippen LogP contribution in [-0.2, 0) is 11.3 Å². The molecule has 0 saturated heterocycles. The van der Waals surface area contributed by atoms with Gasteiger partial charge < -0.3 is 15.8 Å². The van der Waals surface area contributed by atoms with Crippen molar-refractivity contribution in [2.24, 2.45) is 11.7 Å². The topological polar surface area (TPSA) is 77.2 Å². The molecule has 0 aliphatic rings. The van der Waals surface area contributed by atoms with Crippen molar-refractivity contribution < 1.29 is 9.53 Å². The lowest BCUT2D eigenvalue weighted by atomic mass is 10.1. The Bertz CT molecular complexity index is 380. The molecule has 1 aromatic rings. The van der Waals surface area contributed by atoms with Crippen LogP contribution in [0.1, 0.15) is 19.4 Å². The van der Waals surface area contributed by atoms with Crippen molar-refractivity contribution in [1.82, 2.24) is 10.3 Å². The van der Waals surface area contributed by atoms with Crippen molar-refractivity contribution in [2.45, 2.75) is 26.4 Å². The van der Waals surface area contributed by atoms with E-state index in [9.17, 15) is 4.79 Å². The van der Waals surface area contributed by atoms with Crippen molar-refractivity contribution in [1.29, 1.82) is 0 Å². The molecule has 1 aromatic heterocycles. The molecular formula is C12H19N3O2. The van der Waals surface area contributed by atoms with Crippen molar-refractivity contribution in [2.75, 3.05) is 7.11 Å². The maximum atomic E-state index is 11.7. The number of nitrogens with one attached hydrogen (secondary N) is 1. The van der Waals surface area contributed by atoms with E-state index in [2.05, 4.69) is 10.3 Å². The third-order valence-electron chi connectivity index (χ3n) is 2.52. The molecule has 3 N–H and O–H groups in total. The van der Waals surface area contributed by atoms with Gasteiger partial charge in [0.05, 0.1) is 13.2 Å². The highest BCUT2D eigenvalue weighted by Crippen LogP contribution is 2.12. The van der Waals surface area contributed by atoms with Crippen molar-refractivity contribution in [3.63, 3.8) is 0 Å². The summed E-state index contributed by atoms with van der Waals surface area (Å²) in [5.41, 5.74) is 6.57. The maximum Gasteiger partial charge on any atom is 0.237 e. The molecule has 0 saturated carbocycles. The van der Waals surface area contributed by atoms with Gasteiger partial charge in [-0.15, -0.1) is 0 Å². The van der Waals surface area contributed by atoms with Crippen LogP contribution in [-0.4, -0.2) is 24.0 Å². The Labute approximate surface area is 101 Å². The van der Waals surface area contributed by atoms with Gasteiger partial charge in [0, 0.05) is 18.3 Å². The molecule has 5 heteroatoms. The molecule has 0 fully saturated rings. The molecule has 0 bridgehead atoms. The van der Waals surface area contributed by atoms with Gasteiger partial charge in [-0.1, -0.05) is 19.9 Å². The third-order valence-corrected chi connectivity index (χ3v) is 2.52. The molecule has 0 aliphatic carbocycles. The number of nitrogens with two attached hydrogens (primary N) is 1. The first kappa shape index (κ1) is 13.4. The molecule has 0 aliphatic heterocycles. The van der Waals surface area contributed by atoms with Crippen molar-refractivity contribution in [3.8, 4) is 5.88 Å². The molecule has 0 spiro atoms. The molecule has 1 unspecified atom stereocenters. The number of methoxy groups -OCH3 is 1. The summed E-state index contributed by atoms with van der Waals surface area (Å²) in [5.74, 6) is 0.475. The zero-order valence-corrected chi connectivity index (χ0v) is 10.4. The van der Waals surface area contributed by atoms with Crippen molar-refractivity contribution in [3.05, 3.63) is 23.9 Å². The van der Waals surface area contributed by atoms with Crippen LogP contribution in [0.25, 0.3) is 0 Å². The molecule has 0 radical (unpaired) electrons. The van der Waals surface area contributed by atoms with E-state index in [4.69, 9.17) is 10.5 Å². The van der Waals surface area contributed by atoms with Crippen LogP contribution in [0.4, 0.5) is 0 Å². The minimum absolute atomic E-state index is 0.116. The molecular weight excluding hydrogens is 218 g/mol. The third kappa shape index (κ3) is 3.71. The Morgan fingerprint density at radius 3 is 2.88 bits per heavy atom. The lowest BCUT2D eigenvalue weighted by Crippen LogP contribution is -2.43. The fourth-order valence-corrected chi connectivity index (χ4v) is 1.35. The van der Waals surface area contributed by atoms with Gasteiger partial charge in [-0.3, -0.25) is 4.79 Å². The summed E-state index contributed by atoms with van der Waals surface area (Å²) < 4.78 is 5.09. The predicted molar refractivity (Wildman–Crippen MR) is 65.4 cm³/mol. The molecule has 17 heavy (non-hydrogen) atoms. The quantitative estimate of drug-likeness (QED) is 0.790. The van der Waals surface area contributed by atoms with E-state index in [1.54, 1.807) is 19.4 Å². The number of carbonyl (C=O) groups is 1. The predicted octanol–water partition coefficient (Wildman–Crippen LogP) is 0.690. The van der Waals surface area contributed by atoms with Crippen molar-refractivity contribution >= 4 is 5.91 Å². The lowest BCUT2D eigenvalue weighted by Gasteiger charge is -2.15. The van der Waals surface area contributed by atoms with Crippen LogP contribution >= 0.6 is 0 Å². The first-order valence-corrected chi connectivity index (χ1v) is 5.57. The fourth-order valence-electron chi connectivity index (χ4n) is 1.35. The first-order valence-electron chi connectivity index (χ1n) is 5.57. The maximum absolute atomic E-state index is 11.7. The van der Waals surface area contributed by atoms with Crippen LogP contribution < -0.4 is 15.8 Å². The SMILES string of the molecule is COc1ncccc1CNC(=O)C(N)C(C)C. The lowest BCUT2D eigenvalue weighted by molar-refractivity contribution is -0.123. The van der Waals surface area contributed by atoms with Gasteiger partial charge in [0.25, 0.3) is 0 Å². The summed E-state index contributed by atoms with van der Waals surface area (Å²) in [6.07, 6.45) is 1.64. The number of rotatable bonds is 5. The van der Waals surface area contributed by atoms with Gasteiger partial charge >= 0.3 is 0 Å². The number of ether oxygens (including phenoxy) is 1. The minimum atomic E-state index is -0.488. The second-order valence-electron chi connectivity index (χ2n) is 4.16. The highest BCUT2D eigenvalue weighted by molar-refractivity contribution is 5.81. The highest BCUT2D eigenvalue weighted by atomic mass is 16.5. The zero-order valence-electron chi connectivity index (χ0n) is 10.4. The van der Waals surface area contributed by atoms with E-state index in [-0.39, 0.29) is 11.8 Å². The van der Waals surface area contributed by atoms with E-state index in [0.717, 1.165) is 5.56 Å². The van der Waals surface area contributed by atoms with Gasteiger partial charge in [0.2, 0.25) is 11.8 Å². The Morgan fingerprint density at radius 2 is 2.29 bits per heavy atom. The first-order chi connectivity index (χ1) is 8.06. The van der Waals surface area contributed by atoms with E-state index in [1.807, 2.05) is 19.9 Å². The average molecular weight is 237 g/mol. The molecule has 0 aromatic carbocycles. The van der Waals surface area contributed by atoms with Gasteiger partial charge in [-0.05, 0) is 12.0 Å². The summed E-state index contributed by atoms with van der Waals surface area (Å²) in [6.45, 7) is 4.19. The Hall–Kier alpha value is -1.62. The van der Waals surface area contributed by atoms with Crippen LogP contribution in [0.5, 0.6) is 5.88 Å². The highest BCUT2D eigenvalue weighted by Gasteiger charge is 2.17. The summed E-state index contributed by atoms with van der Waals surface area (Å²) >= 11 is 0. The molecule has 94 valence electrons. The number of amides is 1. The van der Waals surface area contributed by atoms with Gasteiger partial charge in [-0.2, -0.15) is 0 Å². The van der Waals surface area contributed by atoms with Crippen LogP contribution in [0.3, 0.4) is 0 Å². The molecule has 1 rings (SSSR count). The second-order valence-corrected chi connectivity index (χ2v) is 4.16. The Kier molecular flexibility index (Phi) is 4.90. The van der Waals surface area contributed by atoms with Crippen LogP contribution in [0, 0.1) is 5.92 Å². The van der Waals surface area contributed by atoms with Gasteiger partial charge in [0.1, 0.15) is 0 Å². The zero-order chi connectivity index (χ0) is 12.8. The average Bonchev–Trinajstić information content (AvgIpc) is 2.35. The summed E-state index contributed by atoms with van der Waals surface area (Å²) in [7, 11) is 1.55. The second kappa shape index (κ2) is 6.20. The number of aromatic nitrogens is 1. The number of nitrogens with zero attached hydrogens (tertiary/aromatic N) is 1. The smallest absolute Gasteiger partial charge is 0.237 e. The van der Waals surface area contributed by atoms with E-state index in [1.165, 1.54) is 0 Å². The van der Waals surface area contributed by atoms with Crippen LogP contribution in [0.15, 0.2) is 18.3 Å². The number of hydrogen-bond acceptors (Lipinski definition) is 4. The fraction of sp³-hybridized carbons (Fsp3) is 0.500. The summed E-state index contributed by atoms with van der Waals surface area (Å²) in [4.78, 5) is 15.7. The van der Waals surface area contributed by atoms with Gasteiger partial charge in [0.15, 0.2) is 0 Å². The van der Waals surface area contributed by atoms with E-state index >= 15 is 0 Å². The monoisotopic (exact) mass is 237 g/mol. The molecule has 1 amide bonds. The number of pyridine rings is 1. The standard InChI is InChI=1S/C12H19N3O2/c1-8(2)10(13)11(16)15-7-9-5-4-6-14-12(9)17-3/h4-6,8,10H,7,13H2,1-3H3,(H,15,16). The summed E-state index contributed by atoms with van der Waals surface area (Å²) in [6, 6.07) is 3.16. The summed E-state index contributed by atoms with van der Waals surface area (Å²) in [5, 5.41) is 2.77. The molecule has 5 nitrogen and oxygen atoms in total. The number of carbonyl (C=O) groups excluding carboxylic acids is 1. The normalized spacial score (nSPS) is 12.3. The van der Waals surface area contributed by atoms with E-state index in [0.29, 0.717) is 12.4 Å². The molecule has 1 atom stereocenters. The van der Waals surface area contributed by atoms with Gasteiger partial charge in [-0.25, -0.2) is 4.98 Å². The minimum Gasteiger partial charge on any atom is -0.481 e. The molecule has 1 heterocycles. The number of hydrogen-bond donors (Lipinski definition) is 2. The van der Waals surface area contributed by atoms with Crippen LogP contribution in [0.2, 0.25) is 0 Å². The Balaban J connectivity index is 2.58. The Morgan fingerprint density at radius 1 is 1.59 bits per heavy atom.